The van der Waals surface area contributed by atoms with Gasteiger partial charge < -0.3 is 5.32 Å². The maximum Gasteiger partial charge on any atom is 0.113 e. The molecule has 67 valence electrons. The van der Waals surface area contributed by atoms with Crippen LogP contribution in [0, 0.1) is 6.20 Å². The van der Waals surface area contributed by atoms with E-state index in [4.69, 9.17) is 0 Å². The third-order valence-electron chi connectivity index (χ3n) is 1.50. The van der Waals surface area contributed by atoms with E-state index in [1.54, 1.807) is 0 Å². The van der Waals surface area contributed by atoms with E-state index >= 15 is 0 Å². The summed E-state index contributed by atoms with van der Waals surface area (Å²) in [4.78, 5) is 0. The molecule has 0 fully saturated rings. The van der Waals surface area contributed by atoms with E-state index in [1.165, 1.54) is 0 Å². The van der Waals surface area contributed by atoms with Gasteiger partial charge in [-0.15, -0.1) is 0 Å². The molecule has 0 aliphatic heterocycles. The molecule has 1 heterocycles. The van der Waals surface area contributed by atoms with Gasteiger partial charge in [0.25, 0.3) is 0 Å². The summed E-state index contributed by atoms with van der Waals surface area (Å²) in [6.07, 6.45) is 4.68. The average Bonchev–Trinajstić information content (AvgIpc) is 2.36. The molecule has 3 heteroatoms. The third kappa shape index (κ3) is 3.53. The summed E-state index contributed by atoms with van der Waals surface area (Å²) < 4.78 is 1.87. The van der Waals surface area contributed by atoms with Gasteiger partial charge in [-0.3, -0.25) is 4.68 Å². The van der Waals surface area contributed by atoms with Crippen molar-refractivity contribution in [1.82, 2.24) is 15.1 Å². The van der Waals surface area contributed by atoms with Crippen molar-refractivity contribution in [2.75, 3.05) is 6.54 Å². The molecule has 0 atom stereocenters. The van der Waals surface area contributed by atoms with Crippen LogP contribution in [0.4, 0.5) is 0 Å². The molecular formula is C9H16N3. The molecule has 1 N–H and O–H groups in total. The van der Waals surface area contributed by atoms with Gasteiger partial charge >= 0.3 is 0 Å². The fraction of sp³-hybridized carbons (Fsp3) is 0.667. The van der Waals surface area contributed by atoms with Gasteiger partial charge in [0.1, 0.15) is 6.20 Å². The first kappa shape index (κ1) is 9.26. The molecule has 0 bridgehead atoms. The van der Waals surface area contributed by atoms with Crippen molar-refractivity contribution in [3.8, 4) is 0 Å². The molecule has 1 aromatic rings. The molecule has 0 spiro atoms. The van der Waals surface area contributed by atoms with Crippen LogP contribution >= 0.6 is 0 Å². The summed E-state index contributed by atoms with van der Waals surface area (Å²) in [5, 5.41) is 7.37. The van der Waals surface area contributed by atoms with Crippen LogP contribution in [0.5, 0.6) is 0 Å². The highest BCUT2D eigenvalue weighted by atomic mass is 15.3. The molecule has 0 amide bonds. The van der Waals surface area contributed by atoms with Gasteiger partial charge in [0.2, 0.25) is 0 Å². The molecular weight excluding hydrogens is 150 g/mol. The zero-order valence-electron chi connectivity index (χ0n) is 7.96. The Bertz CT molecular complexity index is 208. The number of aromatic nitrogens is 2. The van der Waals surface area contributed by atoms with Crippen LogP contribution in [-0.2, 0) is 6.54 Å². The maximum atomic E-state index is 3.99. The lowest BCUT2D eigenvalue weighted by Gasteiger charge is -2.20. The van der Waals surface area contributed by atoms with Crippen molar-refractivity contribution in [2.45, 2.75) is 32.9 Å². The minimum absolute atomic E-state index is 0.191. The van der Waals surface area contributed by atoms with Crippen LogP contribution < -0.4 is 5.32 Å². The van der Waals surface area contributed by atoms with Crippen molar-refractivity contribution in [1.29, 1.82) is 0 Å². The van der Waals surface area contributed by atoms with Crippen molar-refractivity contribution >= 4 is 0 Å². The summed E-state index contributed by atoms with van der Waals surface area (Å²) in [5.74, 6) is 0. The number of rotatable bonds is 3. The predicted molar refractivity (Wildman–Crippen MR) is 48.8 cm³/mol. The summed E-state index contributed by atoms with van der Waals surface area (Å²) in [5.41, 5.74) is 0.191. The monoisotopic (exact) mass is 166 g/mol. The van der Waals surface area contributed by atoms with Crippen LogP contribution in [0.1, 0.15) is 20.8 Å². The Morgan fingerprint density at radius 3 is 2.75 bits per heavy atom. The lowest BCUT2D eigenvalue weighted by molar-refractivity contribution is 0.405. The molecule has 1 radical (unpaired) electrons. The molecule has 0 saturated heterocycles. The highest BCUT2D eigenvalue weighted by molar-refractivity contribution is 4.76. The van der Waals surface area contributed by atoms with Gasteiger partial charge in [0.15, 0.2) is 0 Å². The normalized spacial score (nSPS) is 11.9. The summed E-state index contributed by atoms with van der Waals surface area (Å²) in [6.45, 7) is 8.31. The second-order valence-electron chi connectivity index (χ2n) is 3.88. The maximum absolute atomic E-state index is 3.99. The Balaban J connectivity index is 2.20. The number of nitrogens with one attached hydrogen (secondary N) is 1. The Labute approximate surface area is 73.8 Å². The Morgan fingerprint density at radius 2 is 2.25 bits per heavy atom. The first-order valence-corrected chi connectivity index (χ1v) is 4.22. The summed E-state index contributed by atoms with van der Waals surface area (Å²) in [6, 6.07) is 1.82. The number of nitrogens with zero attached hydrogens (tertiary/aromatic N) is 2. The van der Waals surface area contributed by atoms with Gasteiger partial charge in [-0.1, -0.05) is 0 Å². The van der Waals surface area contributed by atoms with E-state index in [9.17, 15) is 0 Å². The smallest absolute Gasteiger partial charge is 0.113 e. The van der Waals surface area contributed by atoms with Gasteiger partial charge in [-0.05, 0) is 26.8 Å². The average molecular weight is 166 g/mol. The Morgan fingerprint density at radius 1 is 1.50 bits per heavy atom. The van der Waals surface area contributed by atoms with E-state index < -0.39 is 0 Å². The van der Waals surface area contributed by atoms with E-state index in [1.807, 2.05) is 16.9 Å². The zero-order chi connectivity index (χ0) is 9.03. The van der Waals surface area contributed by atoms with Crippen LogP contribution in [-0.4, -0.2) is 21.9 Å². The molecule has 3 nitrogen and oxygen atoms in total. The minimum atomic E-state index is 0.191. The molecule has 0 aliphatic rings. The predicted octanol–water partition coefficient (Wildman–Crippen LogP) is 1.07. The van der Waals surface area contributed by atoms with Crippen molar-refractivity contribution in [3.63, 3.8) is 0 Å². The number of hydrogen-bond acceptors (Lipinski definition) is 2. The van der Waals surface area contributed by atoms with E-state index in [-0.39, 0.29) is 5.54 Å². The molecule has 0 aromatic carbocycles. The van der Waals surface area contributed by atoms with Gasteiger partial charge in [-0.25, -0.2) is 0 Å². The molecule has 12 heavy (non-hydrogen) atoms. The van der Waals surface area contributed by atoms with Gasteiger partial charge in [-0.2, -0.15) is 5.10 Å². The third-order valence-corrected chi connectivity index (χ3v) is 1.50. The fourth-order valence-electron chi connectivity index (χ4n) is 0.930. The molecule has 1 aromatic heterocycles. The van der Waals surface area contributed by atoms with Crippen LogP contribution in [0.2, 0.25) is 0 Å². The van der Waals surface area contributed by atoms with E-state index in [0.29, 0.717) is 0 Å². The molecule has 0 unspecified atom stereocenters. The zero-order valence-corrected chi connectivity index (χ0v) is 7.96. The second-order valence-corrected chi connectivity index (χ2v) is 3.88. The standard InChI is InChI=1S/C9H16N3/c1-9(2,3)10-6-8-12-7-4-5-11-12/h4,7,10H,6,8H2,1-3H3. The van der Waals surface area contributed by atoms with Crippen LogP contribution in [0.25, 0.3) is 0 Å². The van der Waals surface area contributed by atoms with Crippen LogP contribution in [0.3, 0.4) is 0 Å². The van der Waals surface area contributed by atoms with Gasteiger partial charge in [0.05, 0.1) is 6.54 Å². The van der Waals surface area contributed by atoms with Crippen LogP contribution in [0.15, 0.2) is 12.3 Å². The fourth-order valence-corrected chi connectivity index (χ4v) is 0.930. The minimum Gasteiger partial charge on any atom is -0.310 e. The summed E-state index contributed by atoms with van der Waals surface area (Å²) >= 11 is 0. The van der Waals surface area contributed by atoms with Gasteiger partial charge in [0, 0.05) is 18.3 Å². The van der Waals surface area contributed by atoms with Crippen molar-refractivity contribution in [3.05, 3.63) is 18.5 Å². The summed E-state index contributed by atoms with van der Waals surface area (Å²) in [7, 11) is 0. The largest absolute Gasteiger partial charge is 0.310 e. The molecule has 0 aliphatic carbocycles. The first-order valence-electron chi connectivity index (χ1n) is 4.22. The van der Waals surface area contributed by atoms with E-state index in [0.717, 1.165) is 13.1 Å². The van der Waals surface area contributed by atoms with E-state index in [2.05, 4.69) is 37.4 Å². The first-order chi connectivity index (χ1) is 5.58. The molecule has 1 rings (SSSR count). The Hall–Kier alpha value is -0.830. The number of hydrogen-bond donors (Lipinski definition) is 1. The highest BCUT2D eigenvalue weighted by Gasteiger charge is 2.06. The Kier molecular flexibility index (Phi) is 2.87. The lowest BCUT2D eigenvalue weighted by atomic mass is 10.1. The molecule has 0 saturated carbocycles. The highest BCUT2D eigenvalue weighted by Crippen LogP contribution is 1.97. The quantitative estimate of drug-likeness (QED) is 0.728. The lowest BCUT2D eigenvalue weighted by Crippen LogP contribution is -2.37. The van der Waals surface area contributed by atoms with Crippen molar-refractivity contribution in [2.24, 2.45) is 0 Å². The van der Waals surface area contributed by atoms with Crippen molar-refractivity contribution < 1.29 is 0 Å². The SMILES string of the molecule is CC(C)(C)NCCn1cc[c]n1. The second kappa shape index (κ2) is 3.72. The topological polar surface area (TPSA) is 29.9 Å².